The van der Waals surface area contributed by atoms with Crippen molar-refractivity contribution in [2.24, 2.45) is 11.8 Å². The summed E-state index contributed by atoms with van der Waals surface area (Å²) in [6, 6.07) is 4.80. The van der Waals surface area contributed by atoms with Gasteiger partial charge in [0.05, 0.1) is 4.92 Å². The van der Waals surface area contributed by atoms with Gasteiger partial charge in [0.1, 0.15) is 11.9 Å². The fourth-order valence-electron chi connectivity index (χ4n) is 2.89. The van der Waals surface area contributed by atoms with Gasteiger partial charge < -0.3 is 10.2 Å². The Kier molecular flexibility index (Phi) is 2.80. The first kappa shape index (κ1) is 11.9. The van der Waals surface area contributed by atoms with Gasteiger partial charge in [-0.15, -0.1) is 0 Å². The molecule has 7 nitrogen and oxygen atoms in total. The summed E-state index contributed by atoms with van der Waals surface area (Å²) < 4.78 is 0. The number of nitrogens with one attached hydrogen (secondary N) is 1. The summed E-state index contributed by atoms with van der Waals surface area (Å²) in [5.74, 6) is 1.89. The normalized spacial score (nSPS) is 25.1. The first-order chi connectivity index (χ1) is 9.19. The zero-order chi connectivity index (χ0) is 13.4. The number of pyridine rings is 1. The highest BCUT2D eigenvalue weighted by Gasteiger charge is 2.36. The van der Waals surface area contributed by atoms with Crippen LogP contribution in [0.3, 0.4) is 0 Å². The molecule has 2 fully saturated rings. The standard InChI is InChI=1S/C12H13N5O2/c13-3-10-11(17(18)19)1-2-12(15-10)16-6-8-4-14-5-9(8)7-16/h1-2,8-9,14H,4-7H2/t8-,9+. The Balaban J connectivity index is 1.87. The molecule has 0 amide bonds. The molecular weight excluding hydrogens is 246 g/mol. The number of hydrogen-bond acceptors (Lipinski definition) is 6. The molecule has 3 heterocycles. The van der Waals surface area contributed by atoms with Crippen LogP contribution < -0.4 is 10.2 Å². The maximum absolute atomic E-state index is 10.8. The minimum absolute atomic E-state index is 0.113. The van der Waals surface area contributed by atoms with Crippen LogP contribution in [-0.2, 0) is 0 Å². The lowest BCUT2D eigenvalue weighted by molar-refractivity contribution is -0.385. The number of fused-ring (bicyclic) bond motifs is 1. The number of rotatable bonds is 2. The SMILES string of the molecule is N#Cc1nc(N2C[C@H]3CNC[C@H]3C2)ccc1[N+](=O)[O-]. The lowest BCUT2D eigenvalue weighted by atomic mass is 10.0. The van der Waals surface area contributed by atoms with Crippen LogP contribution >= 0.6 is 0 Å². The maximum atomic E-state index is 10.8. The van der Waals surface area contributed by atoms with Crippen LogP contribution in [0, 0.1) is 33.3 Å². The molecule has 0 unspecified atom stereocenters. The average Bonchev–Trinajstić information content (AvgIpc) is 2.98. The Morgan fingerprint density at radius 1 is 1.42 bits per heavy atom. The molecule has 1 aromatic heterocycles. The van der Waals surface area contributed by atoms with Gasteiger partial charge in [0.2, 0.25) is 5.69 Å². The quantitative estimate of drug-likeness (QED) is 0.614. The molecule has 98 valence electrons. The van der Waals surface area contributed by atoms with E-state index < -0.39 is 4.92 Å². The highest BCUT2D eigenvalue weighted by molar-refractivity contribution is 5.52. The molecule has 0 radical (unpaired) electrons. The fourth-order valence-corrected chi connectivity index (χ4v) is 2.89. The molecule has 2 saturated heterocycles. The van der Waals surface area contributed by atoms with Crippen molar-refractivity contribution in [2.75, 3.05) is 31.1 Å². The van der Waals surface area contributed by atoms with E-state index in [1.54, 1.807) is 12.1 Å². The predicted octanol–water partition coefficient (Wildman–Crippen LogP) is 0.517. The Morgan fingerprint density at radius 3 is 2.68 bits per heavy atom. The van der Waals surface area contributed by atoms with E-state index in [4.69, 9.17) is 5.26 Å². The van der Waals surface area contributed by atoms with E-state index >= 15 is 0 Å². The van der Waals surface area contributed by atoms with Crippen molar-refractivity contribution in [3.8, 4) is 6.07 Å². The van der Waals surface area contributed by atoms with Gasteiger partial charge in [0.15, 0.2) is 0 Å². The number of anilines is 1. The van der Waals surface area contributed by atoms with Crippen LogP contribution in [0.1, 0.15) is 5.69 Å². The van der Waals surface area contributed by atoms with Crippen molar-refractivity contribution in [2.45, 2.75) is 0 Å². The lowest BCUT2D eigenvalue weighted by Gasteiger charge is -2.18. The van der Waals surface area contributed by atoms with E-state index in [2.05, 4.69) is 15.2 Å². The minimum Gasteiger partial charge on any atom is -0.356 e. The Morgan fingerprint density at radius 2 is 2.11 bits per heavy atom. The maximum Gasteiger partial charge on any atom is 0.305 e. The summed E-state index contributed by atoms with van der Waals surface area (Å²) >= 11 is 0. The van der Waals surface area contributed by atoms with Crippen molar-refractivity contribution in [3.63, 3.8) is 0 Å². The van der Waals surface area contributed by atoms with Crippen LogP contribution in [0.15, 0.2) is 12.1 Å². The summed E-state index contributed by atoms with van der Waals surface area (Å²) in [6.07, 6.45) is 0. The molecule has 2 aliphatic heterocycles. The Hall–Kier alpha value is -2.20. The van der Waals surface area contributed by atoms with Gasteiger partial charge in [-0.05, 0) is 17.9 Å². The van der Waals surface area contributed by atoms with Gasteiger partial charge in [-0.3, -0.25) is 10.1 Å². The third-order valence-corrected chi connectivity index (χ3v) is 3.88. The zero-order valence-electron chi connectivity index (χ0n) is 10.2. The molecule has 0 aromatic carbocycles. The predicted molar refractivity (Wildman–Crippen MR) is 67.7 cm³/mol. The number of nitro groups is 1. The molecule has 2 aliphatic rings. The summed E-state index contributed by atoms with van der Waals surface area (Å²) in [5.41, 5.74) is -0.343. The van der Waals surface area contributed by atoms with E-state index in [0.717, 1.165) is 26.2 Å². The molecule has 1 aromatic rings. The average molecular weight is 259 g/mol. The summed E-state index contributed by atoms with van der Waals surface area (Å²) in [6.45, 7) is 3.82. The van der Waals surface area contributed by atoms with E-state index in [9.17, 15) is 10.1 Å². The molecule has 19 heavy (non-hydrogen) atoms. The molecular formula is C12H13N5O2. The van der Waals surface area contributed by atoms with Gasteiger partial charge in [-0.2, -0.15) is 5.26 Å². The van der Waals surface area contributed by atoms with E-state index in [-0.39, 0.29) is 11.4 Å². The number of nitriles is 1. The summed E-state index contributed by atoms with van der Waals surface area (Å²) in [7, 11) is 0. The highest BCUT2D eigenvalue weighted by Crippen LogP contribution is 2.30. The molecule has 1 N–H and O–H groups in total. The second-order valence-corrected chi connectivity index (χ2v) is 4.99. The topological polar surface area (TPSA) is 95.1 Å². The second-order valence-electron chi connectivity index (χ2n) is 4.99. The molecule has 0 bridgehead atoms. The number of aromatic nitrogens is 1. The third-order valence-electron chi connectivity index (χ3n) is 3.88. The lowest BCUT2D eigenvalue weighted by Crippen LogP contribution is -2.26. The van der Waals surface area contributed by atoms with Gasteiger partial charge in [-0.1, -0.05) is 0 Å². The van der Waals surface area contributed by atoms with Crippen LogP contribution in [-0.4, -0.2) is 36.1 Å². The van der Waals surface area contributed by atoms with E-state index in [1.807, 2.05) is 0 Å². The molecule has 3 rings (SSSR count). The van der Waals surface area contributed by atoms with Crippen molar-refractivity contribution >= 4 is 11.5 Å². The number of nitrogens with zero attached hydrogens (tertiary/aromatic N) is 4. The molecule has 0 saturated carbocycles. The van der Waals surface area contributed by atoms with Gasteiger partial charge in [0, 0.05) is 32.2 Å². The smallest absolute Gasteiger partial charge is 0.305 e. The van der Waals surface area contributed by atoms with Crippen LogP contribution in [0.25, 0.3) is 0 Å². The highest BCUT2D eigenvalue weighted by atomic mass is 16.6. The molecule has 0 spiro atoms. The largest absolute Gasteiger partial charge is 0.356 e. The van der Waals surface area contributed by atoms with Crippen molar-refractivity contribution in [1.82, 2.24) is 10.3 Å². The van der Waals surface area contributed by atoms with Crippen LogP contribution in [0.2, 0.25) is 0 Å². The minimum atomic E-state index is -0.571. The van der Waals surface area contributed by atoms with Crippen molar-refractivity contribution < 1.29 is 4.92 Å². The van der Waals surface area contributed by atoms with Gasteiger partial charge in [0.25, 0.3) is 0 Å². The van der Waals surface area contributed by atoms with E-state index in [0.29, 0.717) is 17.7 Å². The van der Waals surface area contributed by atoms with Gasteiger partial charge >= 0.3 is 5.69 Å². The van der Waals surface area contributed by atoms with Crippen molar-refractivity contribution in [1.29, 1.82) is 5.26 Å². The summed E-state index contributed by atoms with van der Waals surface area (Å²) in [4.78, 5) is 16.4. The fraction of sp³-hybridized carbons (Fsp3) is 0.500. The first-order valence-corrected chi connectivity index (χ1v) is 6.20. The van der Waals surface area contributed by atoms with Crippen LogP contribution in [0.5, 0.6) is 0 Å². The first-order valence-electron chi connectivity index (χ1n) is 6.20. The third kappa shape index (κ3) is 2.00. The molecule has 2 atom stereocenters. The number of hydrogen-bond donors (Lipinski definition) is 1. The Bertz CT molecular complexity index is 556. The zero-order valence-corrected chi connectivity index (χ0v) is 10.2. The monoisotopic (exact) mass is 259 g/mol. The second kappa shape index (κ2) is 4.48. The van der Waals surface area contributed by atoms with Crippen molar-refractivity contribution in [3.05, 3.63) is 27.9 Å². The summed E-state index contributed by atoms with van der Waals surface area (Å²) in [5, 5.41) is 23.1. The van der Waals surface area contributed by atoms with Gasteiger partial charge in [-0.25, -0.2) is 4.98 Å². The Labute approximate surface area is 110 Å². The van der Waals surface area contributed by atoms with Crippen LogP contribution in [0.4, 0.5) is 11.5 Å². The molecule has 0 aliphatic carbocycles. The van der Waals surface area contributed by atoms with E-state index in [1.165, 1.54) is 6.07 Å². The molecule has 7 heteroatoms.